The summed E-state index contributed by atoms with van der Waals surface area (Å²) < 4.78 is 8.30. The van der Waals surface area contributed by atoms with Gasteiger partial charge in [0.05, 0.1) is 11.4 Å². The molecule has 0 radical (unpaired) electrons. The van der Waals surface area contributed by atoms with Gasteiger partial charge in [-0.15, -0.1) is 0 Å². The highest BCUT2D eigenvalue weighted by atomic mass is 32.2. The smallest absolute Gasteiger partial charge is 0.251 e. The van der Waals surface area contributed by atoms with E-state index in [1.54, 1.807) is 24.5 Å². The van der Waals surface area contributed by atoms with Gasteiger partial charge in [-0.3, -0.25) is 9.78 Å². The van der Waals surface area contributed by atoms with Gasteiger partial charge in [0.25, 0.3) is 5.91 Å². The third-order valence-electron chi connectivity index (χ3n) is 4.82. The molecule has 1 fully saturated rings. The molecule has 156 valence electrons. The van der Waals surface area contributed by atoms with Crippen LogP contribution in [0.1, 0.15) is 27.4 Å². The number of pyridine rings is 1. The van der Waals surface area contributed by atoms with Crippen molar-refractivity contribution in [2.24, 2.45) is 0 Å². The Hall–Kier alpha value is -2.29. The van der Waals surface area contributed by atoms with Crippen molar-refractivity contribution < 1.29 is 9.21 Å². The van der Waals surface area contributed by atoms with Gasteiger partial charge in [0.2, 0.25) is 5.89 Å². The fourth-order valence-corrected chi connectivity index (χ4v) is 5.21. The molecule has 1 aromatic carbocycles. The average Bonchev–Trinajstić information content (AvgIpc) is 3.18. The van der Waals surface area contributed by atoms with Crippen LogP contribution in [0.3, 0.4) is 0 Å². The van der Waals surface area contributed by atoms with Gasteiger partial charge in [-0.2, -0.15) is 11.8 Å². The van der Waals surface area contributed by atoms with Crippen molar-refractivity contribution >= 4 is 29.6 Å². The Bertz CT molecular complexity index is 971. The summed E-state index contributed by atoms with van der Waals surface area (Å²) in [5.74, 6) is 4.53. The quantitative estimate of drug-likeness (QED) is 0.553. The first kappa shape index (κ1) is 21.0. The van der Waals surface area contributed by atoms with E-state index in [0.717, 1.165) is 41.4 Å². The van der Waals surface area contributed by atoms with E-state index in [9.17, 15) is 4.79 Å². The number of oxazole rings is 1. The van der Waals surface area contributed by atoms with Crippen LogP contribution in [0, 0.1) is 6.92 Å². The van der Waals surface area contributed by atoms with Crippen molar-refractivity contribution in [3.05, 3.63) is 71.4 Å². The normalized spacial score (nSPS) is 14.6. The molecule has 0 aliphatic carbocycles. The molecular formula is C22H24N4O2S2. The van der Waals surface area contributed by atoms with E-state index in [2.05, 4.69) is 19.6 Å². The summed E-state index contributed by atoms with van der Waals surface area (Å²) >= 11 is 3.83. The minimum atomic E-state index is -0.120. The molecule has 1 aliphatic heterocycles. The van der Waals surface area contributed by atoms with Crippen molar-refractivity contribution in [2.45, 2.75) is 19.2 Å². The van der Waals surface area contributed by atoms with Crippen molar-refractivity contribution in [1.82, 2.24) is 19.6 Å². The zero-order valence-electron chi connectivity index (χ0n) is 16.8. The van der Waals surface area contributed by atoms with Crippen molar-refractivity contribution in [3.8, 4) is 11.5 Å². The molecule has 0 saturated carbocycles. The Morgan fingerprint density at radius 3 is 2.77 bits per heavy atom. The summed E-state index contributed by atoms with van der Waals surface area (Å²) in [6.07, 6.45) is 3.46. The van der Waals surface area contributed by atoms with E-state index in [1.165, 1.54) is 11.5 Å². The number of aromatic nitrogens is 2. The number of benzene rings is 1. The van der Waals surface area contributed by atoms with Crippen molar-refractivity contribution in [2.75, 3.05) is 24.6 Å². The van der Waals surface area contributed by atoms with Gasteiger partial charge < -0.3 is 9.73 Å². The molecule has 6 nitrogen and oxygen atoms in total. The van der Waals surface area contributed by atoms with E-state index in [1.807, 2.05) is 54.9 Å². The van der Waals surface area contributed by atoms with Gasteiger partial charge in [0, 0.05) is 54.7 Å². The van der Waals surface area contributed by atoms with Gasteiger partial charge >= 0.3 is 0 Å². The second-order valence-corrected chi connectivity index (χ2v) is 9.25. The first-order valence-corrected chi connectivity index (χ1v) is 12.0. The molecule has 2 aromatic heterocycles. The number of rotatable bonds is 7. The minimum Gasteiger partial charge on any atom is -0.441 e. The van der Waals surface area contributed by atoms with Gasteiger partial charge in [-0.25, -0.2) is 9.29 Å². The van der Waals surface area contributed by atoms with Gasteiger partial charge in [-0.05, 0) is 42.8 Å². The van der Waals surface area contributed by atoms with E-state index < -0.39 is 0 Å². The summed E-state index contributed by atoms with van der Waals surface area (Å²) in [4.78, 5) is 21.1. The maximum absolute atomic E-state index is 12.4. The summed E-state index contributed by atoms with van der Waals surface area (Å²) in [5, 5.41) is 2.91. The minimum absolute atomic E-state index is 0.120. The number of thioether (sulfide) groups is 1. The van der Waals surface area contributed by atoms with E-state index in [0.29, 0.717) is 18.0 Å². The molecule has 1 saturated heterocycles. The molecule has 3 heterocycles. The number of carbonyl (C=O) groups excluding carboxylic acids is 1. The molecule has 0 bridgehead atoms. The lowest BCUT2D eigenvalue weighted by Gasteiger charge is -2.24. The standard InChI is InChI=1S/C22H24N4O2S2/c1-16-20(15-30-26-9-11-29-12-10-26)25-22(28-16)19-6-4-18(5-7-19)21(27)24-14-17-3-2-8-23-13-17/h2-8,13H,9-12,14-15H2,1H3,(H,24,27). The van der Waals surface area contributed by atoms with Crippen LogP contribution in [0.25, 0.3) is 11.5 Å². The number of nitrogens with zero attached hydrogens (tertiary/aromatic N) is 3. The highest BCUT2D eigenvalue weighted by molar-refractivity contribution is 7.99. The first-order chi connectivity index (χ1) is 14.7. The molecule has 1 amide bonds. The average molecular weight is 441 g/mol. The lowest BCUT2D eigenvalue weighted by Crippen LogP contribution is -2.26. The molecule has 1 N–H and O–H groups in total. The summed E-state index contributed by atoms with van der Waals surface area (Å²) in [7, 11) is 0. The Morgan fingerprint density at radius 1 is 1.23 bits per heavy atom. The second-order valence-electron chi connectivity index (χ2n) is 6.96. The van der Waals surface area contributed by atoms with Gasteiger partial charge in [0.15, 0.2) is 0 Å². The Balaban J connectivity index is 1.35. The lowest BCUT2D eigenvalue weighted by atomic mass is 10.1. The number of amides is 1. The lowest BCUT2D eigenvalue weighted by molar-refractivity contribution is 0.0951. The molecule has 0 unspecified atom stereocenters. The first-order valence-electron chi connectivity index (χ1n) is 9.88. The molecular weight excluding hydrogens is 416 g/mol. The molecule has 4 rings (SSSR count). The van der Waals surface area contributed by atoms with Gasteiger partial charge in [-0.1, -0.05) is 18.0 Å². The van der Waals surface area contributed by atoms with Crippen LogP contribution in [-0.2, 0) is 12.3 Å². The van der Waals surface area contributed by atoms with Gasteiger partial charge in [0.1, 0.15) is 5.76 Å². The summed E-state index contributed by atoms with van der Waals surface area (Å²) in [6, 6.07) is 11.1. The van der Waals surface area contributed by atoms with E-state index in [-0.39, 0.29) is 5.91 Å². The highest BCUT2D eigenvalue weighted by Crippen LogP contribution is 2.27. The predicted octanol–water partition coefficient (Wildman–Crippen LogP) is 4.17. The molecule has 0 atom stereocenters. The Labute approximate surface area is 185 Å². The van der Waals surface area contributed by atoms with E-state index in [4.69, 9.17) is 4.42 Å². The monoisotopic (exact) mass is 440 g/mol. The fraction of sp³-hybridized carbons (Fsp3) is 0.318. The number of hydrogen-bond acceptors (Lipinski definition) is 7. The van der Waals surface area contributed by atoms with Crippen molar-refractivity contribution in [3.63, 3.8) is 0 Å². The third kappa shape index (κ3) is 5.44. The topological polar surface area (TPSA) is 71.3 Å². The van der Waals surface area contributed by atoms with Crippen LogP contribution in [0.15, 0.2) is 53.2 Å². The molecule has 30 heavy (non-hydrogen) atoms. The van der Waals surface area contributed by atoms with Crippen LogP contribution >= 0.6 is 23.7 Å². The Morgan fingerprint density at radius 2 is 2.03 bits per heavy atom. The van der Waals surface area contributed by atoms with E-state index >= 15 is 0 Å². The highest BCUT2D eigenvalue weighted by Gasteiger charge is 2.16. The Kier molecular flexibility index (Phi) is 7.09. The van der Waals surface area contributed by atoms with Crippen LogP contribution < -0.4 is 5.32 Å². The van der Waals surface area contributed by atoms with Crippen LogP contribution in [0.5, 0.6) is 0 Å². The maximum Gasteiger partial charge on any atom is 0.251 e. The zero-order valence-corrected chi connectivity index (χ0v) is 18.5. The second kappa shape index (κ2) is 10.1. The molecule has 8 heteroatoms. The SMILES string of the molecule is Cc1oc(-c2ccc(C(=O)NCc3cccnc3)cc2)nc1CSN1CCSCC1. The van der Waals surface area contributed by atoms with Crippen LogP contribution in [0.4, 0.5) is 0 Å². The maximum atomic E-state index is 12.4. The van der Waals surface area contributed by atoms with Crippen LogP contribution in [-0.4, -0.2) is 44.8 Å². The fourth-order valence-electron chi connectivity index (χ4n) is 3.06. The summed E-state index contributed by atoms with van der Waals surface area (Å²) in [6.45, 7) is 4.63. The zero-order chi connectivity index (χ0) is 20.8. The third-order valence-corrected chi connectivity index (χ3v) is 6.89. The molecule has 0 spiro atoms. The number of aryl methyl sites for hydroxylation is 1. The molecule has 3 aromatic rings. The number of carbonyl (C=O) groups is 1. The largest absolute Gasteiger partial charge is 0.441 e. The summed E-state index contributed by atoms with van der Waals surface area (Å²) in [5.41, 5.74) is 3.41. The number of hydrogen-bond donors (Lipinski definition) is 1. The van der Waals surface area contributed by atoms with Crippen molar-refractivity contribution in [1.29, 1.82) is 0 Å². The number of nitrogens with one attached hydrogen (secondary N) is 1. The molecule has 1 aliphatic rings. The predicted molar refractivity (Wildman–Crippen MR) is 122 cm³/mol. The van der Waals surface area contributed by atoms with Crippen LogP contribution in [0.2, 0.25) is 0 Å².